The van der Waals surface area contributed by atoms with Gasteiger partial charge in [-0.05, 0) is 51.1 Å². The van der Waals surface area contributed by atoms with Crippen molar-refractivity contribution in [1.82, 2.24) is 9.55 Å². The molecule has 3 aromatic rings. The van der Waals surface area contributed by atoms with Crippen LogP contribution in [0.1, 0.15) is 36.1 Å². The molecular formula is C22H24N4O4. The van der Waals surface area contributed by atoms with Gasteiger partial charge in [-0.1, -0.05) is 12.1 Å². The van der Waals surface area contributed by atoms with Crippen molar-refractivity contribution in [3.05, 3.63) is 64.2 Å². The molecule has 0 fully saturated rings. The second kappa shape index (κ2) is 8.87. The summed E-state index contributed by atoms with van der Waals surface area (Å²) in [6, 6.07) is 11.0. The SMILES string of the molecule is COCC(C)n1c(C)nc2ccc(NC(=O)Nc3cccc(C(C)=O)c3)cc2c1=O. The predicted molar refractivity (Wildman–Crippen MR) is 116 cm³/mol. The van der Waals surface area contributed by atoms with Crippen molar-refractivity contribution in [3.8, 4) is 0 Å². The molecule has 2 N–H and O–H groups in total. The Kier molecular flexibility index (Phi) is 6.27. The highest BCUT2D eigenvalue weighted by molar-refractivity contribution is 6.02. The van der Waals surface area contributed by atoms with E-state index in [-0.39, 0.29) is 17.4 Å². The van der Waals surface area contributed by atoms with Crippen LogP contribution in [0.3, 0.4) is 0 Å². The van der Waals surface area contributed by atoms with Crippen LogP contribution in [0.25, 0.3) is 10.9 Å². The Labute approximate surface area is 173 Å². The largest absolute Gasteiger partial charge is 0.383 e. The molecule has 2 aromatic carbocycles. The Bertz CT molecular complexity index is 1170. The number of benzene rings is 2. The summed E-state index contributed by atoms with van der Waals surface area (Å²) >= 11 is 0. The van der Waals surface area contributed by atoms with E-state index in [1.54, 1.807) is 61.1 Å². The van der Waals surface area contributed by atoms with Crippen molar-refractivity contribution >= 4 is 34.1 Å². The summed E-state index contributed by atoms with van der Waals surface area (Å²) < 4.78 is 6.75. The van der Waals surface area contributed by atoms with Crippen molar-refractivity contribution in [1.29, 1.82) is 0 Å². The normalized spacial score (nSPS) is 11.9. The van der Waals surface area contributed by atoms with Crippen LogP contribution in [0.4, 0.5) is 16.2 Å². The fraction of sp³-hybridized carbons (Fsp3) is 0.273. The van der Waals surface area contributed by atoms with Crippen molar-refractivity contribution in [2.45, 2.75) is 26.8 Å². The van der Waals surface area contributed by atoms with E-state index in [1.807, 2.05) is 6.92 Å². The van der Waals surface area contributed by atoms with E-state index in [0.717, 1.165) is 0 Å². The molecule has 0 saturated carbocycles. The van der Waals surface area contributed by atoms with Gasteiger partial charge >= 0.3 is 6.03 Å². The number of hydrogen-bond donors (Lipinski definition) is 2. The third kappa shape index (κ3) is 4.55. The Balaban J connectivity index is 1.86. The fourth-order valence-corrected chi connectivity index (χ4v) is 3.33. The maximum atomic E-state index is 13.0. The molecule has 8 heteroatoms. The number of aromatic nitrogens is 2. The number of Topliss-reactive ketones (excluding diaryl/α,β-unsaturated/α-hetero) is 1. The van der Waals surface area contributed by atoms with E-state index in [1.165, 1.54) is 6.92 Å². The first-order valence-corrected chi connectivity index (χ1v) is 9.51. The summed E-state index contributed by atoms with van der Waals surface area (Å²) in [6.45, 7) is 5.51. The predicted octanol–water partition coefficient (Wildman–Crippen LogP) is 3.76. The number of nitrogens with zero attached hydrogens (tertiary/aromatic N) is 2. The molecular weight excluding hydrogens is 384 g/mol. The lowest BCUT2D eigenvalue weighted by Crippen LogP contribution is -2.29. The number of fused-ring (bicyclic) bond motifs is 1. The van der Waals surface area contributed by atoms with Crippen molar-refractivity contribution < 1.29 is 14.3 Å². The van der Waals surface area contributed by atoms with Crippen molar-refractivity contribution in [3.63, 3.8) is 0 Å². The first-order valence-electron chi connectivity index (χ1n) is 9.51. The van der Waals surface area contributed by atoms with Gasteiger partial charge in [0.05, 0.1) is 23.6 Å². The van der Waals surface area contributed by atoms with Crippen LogP contribution < -0.4 is 16.2 Å². The van der Waals surface area contributed by atoms with Gasteiger partial charge in [0.25, 0.3) is 5.56 Å². The Hall–Kier alpha value is -3.52. The molecule has 156 valence electrons. The molecule has 8 nitrogen and oxygen atoms in total. The Morgan fingerprint density at radius 3 is 2.50 bits per heavy atom. The quantitative estimate of drug-likeness (QED) is 0.605. The topological polar surface area (TPSA) is 102 Å². The number of urea groups is 1. The zero-order chi connectivity index (χ0) is 21.8. The van der Waals surface area contributed by atoms with E-state index >= 15 is 0 Å². The zero-order valence-corrected chi connectivity index (χ0v) is 17.4. The lowest BCUT2D eigenvalue weighted by Gasteiger charge is -2.17. The molecule has 1 aromatic heterocycles. The summed E-state index contributed by atoms with van der Waals surface area (Å²) in [4.78, 5) is 41.4. The number of ether oxygens (including phenoxy) is 1. The molecule has 0 saturated heterocycles. The molecule has 2 amide bonds. The number of rotatable bonds is 6. The zero-order valence-electron chi connectivity index (χ0n) is 17.4. The minimum Gasteiger partial charge on any atom is -0.383 e. The molecule has 0 aliphatic heterocycles. The molecule has 1 heterocycles. The van der Waals surface area contributed by atoms with Gasteiger partial charge in [-0.2, -0.15) is 0 Å². The molecule has 30 heavy (non-hydrogen) atoms. The van der Waals surface area contributed by atoms with Gasteiger partial charge in [0.2, 0.25) is 0 Å². The van der Waals surface area contributed by atoms with E-state index in [0.29, 0.717) is 40.3 Å². The molecule has 0 bridgehead atoms. The third-order valence-corrected chi connectivity index (χ3v) is 4.71. The maximum Gasteiger partial charge on any atom is 0.323 e. The maximum absolute atomic E-state index is 13.0. The second-order valence-corrected chi connectivity index (χ2v) is 7.09. The van der Waals surface area contributed by atoms with Crippen LogP contribution in [0.5, 0.6) is 0 Å². The highest BCUT2D eigenvalue weighted by atomic mass is 16.5. The summed E-state index contributed by atoms with van der Waals surface area (Å²) in [5.41, 5.74) is 1.81. The molecule has 0 aliphatic carbocycles. The lowest BCUT2D eigenvalue weighted by molar-refractivity contribution is 0.101. The molecule has 0 radical (unpaired) electrons. The van der Waals surface area contributed by atoms with Crippen LogP contribution in [-0.2, 0) is 4.74 Å². The molecule has 1 atom stereocenters. The number of anilines is 2. The van der Waals surface area contributed by atoms with Gasteiger partial charge < -0.3 is 15.4 Å². The molecule has 3 rings (SSSR count). The summed E-state index contributed by atoms with van der Waals surface area (Å²) in [5, 5.41) is 5.80. The smallest absolute Gasteiger partial charge is 0.323 e. The fourth-order valence-electron chi connectivity index (χ4n) is 3.33. The lowest BCUT2D eigenvalue weighted by atomic mass is 10.1. The van der Waals surface area contributed by atoms with Gasteiger partial charge in [-0.15, -0.1) is 0 Å². The van der Waals surface area contributed by atoms with Gasteiger partial charge in [0.1, 0.15) is 5.82 Å². The number of methoxy groups -OCH3 is 1. The van der Waals surface area contributed by atoms with E-state index in [2.05, 4.69) is 15.6 Å². The first kappa shape index (κ1) is 21.2. The van der Waals surface area contributed by atoms with Crippen molar-refractivity contribution in [2.24, 2.45) is 0 Å². The summed E-state index contributed by atoms with van der Waals surface area (Å²) in [7, 11) is 1.58. The minimum absolute atomic E-state index is 0.0876. The number of aryl methyl sites for hydroxylation is 1. The van der Waals surface area contributed by atoms with Crippen LogP contribution in [0.2, 0.25) is 0 Å². The highest BCUT2D eigenvalue weighted by Crippen LogP contribution is 2.18. The summed E-state index contributed by atoms with van der Waals surface area (Å²) in [5.74, 6) is 0.510. The number of nitrogens with one attached hydrogen (secondary N) is 2. The van der Waals surface area contributed by atoms with Crippen LogP contribution in [-0.4, -0.2) is 35.1 Å². The van der Waals surface area contributed by atoms with Gasteiger partial charge in [0.15, 0.2) is 5.78 Å². The molecule has 0 spiro atoms. The number of ketones is 1. The monoisotopic (exact) mass is 408 g/mol. The van der Waals surface area contributed by atoms with E-state index in [9.17, 15) is 14.4 Å². The highest BCUT2D eigenvalue weighted by Gasteiger charge is 2.14. The van der Waals surface area contributed by atoms with Crippen LogP contribution in [0, 0.1) is 6.92 Å². The minimum atomic E-state index is -0.483. The summed E-state index contributed by atoms with van der Waals surface area (Å²) in [6.07, 6.45) is 0. The van der Waals surface area contributed by atoms with E-state index in [4.69, 9.17) is 4.74 Å². The van der Waals surface area contributed by atoms with Gasteiger partial charge in [-0.25, -0.2) is 9.78 Å². The van der Waals surface area contributed by atoms with Crippen LogP contribution >= 0.6 is 0 Å². The Morgan fingerprint density at radius 1 is 1.13 bits per heavy atom. The second-order valence-electron chi connectivity index (χ2n) is 7.09. The molecule has 0 aliphatic rings. The average molecular weight is 408 g/mol. The standard InChI is InChI=1S/C22H24N4O4/c1-13(12-30-4)26-15(3)23-20-9-8-18(11-19(20)21(26)28)25-22(29)24-17-7-5-6-16(10-17)14(2)27/h5-11,13H,12H2,1-4H3,(H2,24,25,29). The number of hydrogen-bond acceptors (Lipinski definition) is 5. The molecule has 1 unspecified atom stereocenters. The number of amides is 2. The third-order valence-electron chi connectivity index (χ3n) is 4.71. The van der Waals surface area contributed by atoms with Crippen molar-refractivity contribution in [2.75, 3.05) is 24.4 Å². The average Bonchev–Trinajstić information content (AvgIpc) is 2.69. The Morgan fingerprint density at radius 2 is 1.83 bits per heavy atom. The number of carbonyl (C=O) groups is 2. The van der Waals surface area contributed by atoms with Crippen LogP contribution in [0.15, 0.2) is 47.3 Å². The number of carbonyl (C=O) groups excluding carboxylic acids is 2. The first-order chi connectivity index (χ1) is 14.3. The van der Waals surface area contributed by atoms with Gasteiger partial charge in [0, 0.05) is 24.0 Å². The van der Waals surface area contributed by atoms with Gasteiger partial charge in [-0.3, -0.25) is 14.2 Å². The van der Waals surface area contributed by atoms with E-state index < -0.39 is 6.03 Å².